The highest BCUT2D eigenvalue weighted by Crippen LogP contribution is 2.30. The van der Waals surface area contributed by atoms with Gasteiger partial charge in [-0.05, 0) is 42.2 Å². The van der Waals surface area contributed by atoms with E-state index in [1.54, 1.807) is 13.2 Å². The molecule has 0 aromatic heterocycles. The molecule has 112 valence electrons. The van der Waals surface area contributed by atoms with Crippen LogP contribution in [-0.4, -0.2) is 7.11 Å². The standard InChI is InChI=1S/C16H18Cl2N2O/c1-10-8-11(6-7-15(10)21-2)14(20-19)9-12-4-3-5-13(17)16(12)18/h3-8,14,20H,9,19H2,1-2H3. The highest BCUT2D eigenvalue weighted by Gasteiger charge is 2.15. The number of halogens is 2. The Kier molecular flexibility index (Phi) is 5.48. The van der Waals surface area contributed by atoms with Crippen LogP contribution in [0.1, 0.15) is 22.7 Å². The quantitative estimate of drug-likeness (QED) is 0.644. The average Bonchev–Trinajstić information content (AvgIpc) is 2.48. The molecule has 0 fully saturated rings. The van der Waals surface area contributed by atoms with Gasteiger partial charge in [0, 0.05) is 0 Å². The van der Waals surface area contributed by atoms with Gasteiger partial charge in [0.25, 0.3) is 0 Å². The number of hydrogen-bond acceptors (Lipinski definition) is 3. The molecule has 2 aromatic carbocycles. The topological polar surface area (TPSA) is 47.3 Å². The normalized spacial score (nSPS) is 12.2. The Morgan fingerprint density at radius 3 is 2.62 bits per heavy atom. The molecule has 0 saturated heterocycles. The van der Waals surface area contributed by atoms with Gasteiger partial charge in [-0.15, -0.1) is 0 Å². The summed E-state index contributed by atoms with van der Waals surface area (Å²) in [6, 6.07) is 11.6. The minimum atomic E-state index is -0.0504. The van der Waals surface area contributed by atoms with Gasteiger partial charge < -0.3 is 4.74 Å². The van der Waals surface area contributed by atoms with Gasteiger partial charge in [0.1, 0.15) is 5.75 Å². The van der Waals surface area contributed by atoms with E-state index in [2.05, 4.69) is 11.5 Å². The van der Waals surface area contributed by atoms with Gasteiger partial charge in [-0.3, -0.25) is 11.3 Å². The van der Waals surface area contributed by atoms with Crippen LogP contribution in [0.3, 0.4) is 0 Å². The largest absolute Gasteiger partial charge is 0.496 e. The monoisotopic (exact) mass is 324 g/mol. The molecule has 2 aromatic rings. The lowest BCUT2D eigenvalue weighted by atomic mass is 9.97. The van der Waals surface area contributed by atoms with Gasteiger partial charge in [-0.25, -0.2) is 0 Å². The van der Waals surface area contributed by atoms with E-state index >= 15 is 0 Å². The average molecular weight is 325 g/mol. The highest BCUT2D eigenvalue weighted by atomic mass is 35.5. The van der Waals surface area contributed by atoms with Crippen molar-refractivity contribution < 1.29 is 4.74 Å². The third-order valence-corrected chi connectivity index (χ3v) is 4.34. The molecule has 3 N–H and O–H groups in total. The molecule has 0 aliphatic rings. The Hall–Kier alpha value is -1.26. The lowest BCUT2D eigenvalue weighted by molar-refractivity contribution is 0.411. The van der Waals surface area contributed by atoms with E-state index in [0.29, 0.717) is 16.5 Å². The fourth-order valence-corrected chi connectivity index (χ4v) is 2.71. The molecule has 3 nitrogen and oxygen atoms in total. The van der Waals surface area contributed by atoms with E-state index in [9.17, 15) is 0 Å². The van der Waals surface area contributed by atoms with Crippen molar-refractivity contribution in [2.75, 3.05) is 7.11 Å². The number of nitrogens with one attached hydrogen (secondary N) is 1. The molecule has 21 heavy (non-hydrogen) atoms. The van der Waals surface area contributed by atoms with Crippen molar-refractivity contribution in [3.63, 3.8) is 0 Å². The van der Waals surface area contributed by atoms with Crippen LogP contribution in [0.15, 0.2) is 36.4 Å². The fourth-order valence-electron chi connectivity index (χ4n) is 2.32. The molecule has 5 heteroatoms. The Balaban J connectivity index is 2.28. The van der Waals surface area contributed by atoms with Gasteiger partial charge in [-0.1, -0.05) is 47.5 Å². The van der Waals surface area contributed by atoms with Crippen LogP contribution < -0.4 is 16.0 Å². The molecular weight excluding hydrogens is 307 g/mol. The zero-order chi connectivity index (χ0) is 15.4. The van der Waals surface area contributed by atoms with Gasteiger partial charge in [0.05, 0.1) is 23.2 Å². The fraction of sp³-hybridized carbons (Fsp3) is 0.250. The summed E-state index contributed by atoms with van der Waals surface area (Å²) in [4.78, 5) is 0. The summed E-state index contributed by atoms with van der Waals surface area (Å²) in [6.07, 6.45) is 0.654. The maximum Gasteiger partial charge on any atom is 0.121 e. The molecule has 0 bridgehead atoms. The SMILES string of the molecule is COc1ccc(C(Cc2cccc(Cl)c2Cl)NN)cc1C. The second-order valence-electron chi connectivity index (χ2n) is 4.87. The molecule has 0 aliphatic heterocycles. The summed E-state index contributed by atoms with van der Waals surface area (Å²) in [7, 11) is 1.66. The van der Waals surface area contributed by atoms with Crippen molar-refractivity contribution in [2.45, 2.75) is 19.4 Å². The summed E-state index contributed by atoms with van der Waals surface area (Å²) in [6.45, 7) is 2.00. The maximum absolute atomic E-state index is 6.24. The Morgan fingerprint density at radius 2 is 2.00 bits per heavy atom. The smallest absolute Gasteiger partial charge is 0.121 e. The van der Waals surface area contributed by atoms with Crippen molar-refractivity contribution >= 4 is 23.2 Å². The van der Waals surface area contributed by atoms with Gasteiger partial charge >= 0.3 is 0 Å². The van der Waals surface area contributed by atoms with E-state index in [1.165, 1.54) is 0 Å². The predicted molar refractivity (Wildman–Crippen MR) is 88.0 cm³/mol. The van der Waals surface area contributed by atoms with Crippen LogP contribution >= 0.6 is 23.2 Å². The molecule has 0 radical (unpaired) electrons. The third-order valence-electron chi connectivity index (χ3n) is 3.48. The minimum Gasteiger partial charge on any atom is -0.496 e. The second kappa shape index (κ2) is 7.14. The van der Waals surface area contributed by atoms with Crippen LogP contribution in [0.25, 0.3) is 0 Å². The van der Waals surface area contributed by atoms with Crippen molar-refractivity contribution in [3.8, 4) is 5.75 Å². The summed E-state index contributed by atoms with van der Waals surface area (Å²) in [5, 5.41) is 1.13. The van der Waals surface area contributed by atoms with Crippen molar-refractivity contribution in [1.29, 1.82) is 0 Å². The highest BCUT2D eigenvalue weighted by molar-refractivity contribution is 6.42. The molecule has 0 aliphatic carbocycles. The summed E-state index contributed by atoms with van der Waals surface area (Å²) < 4.78 is 5.28. The van der Waals surface area contributed by atoms with E-state index in [4.69, 9.17) is 33.8 Å². The lowest BCUT2D eigenvalue weighted by Gasteiger charge is -2.19. The van der Waals surface area contributed by atoms with Crippen molar-refractivity contribution in [2.24, 2.45) is 5.84 Å². The first-order valence-corrected chi connectivity index (χ1v) is 7.36. The molecule has 0 saturated carbocycles. The first-order chi connectivity index (χ1) is 10.1. The number of aryl methyl sites for hydroxylation is 1. The van der Waals surface area contributed by atoms with Gasteiger partial charge in [0.15, 0.2) is 0 Å². The second-order valence-corrected chi connectivity index (χ2v) is 5.65. The Labute approximate surface area is 135 Å². The summed E-state index contributed by atoms with van der Waals surface area (Å²) in [5.41, 5.74) is 5.93. The maximum atomic E-state index is 6.24. The number of ether oxygens (including phenoxy) is 1. The number of benzene rings is 2. The molecule has 1 unspecified atom stereocenters. The van der Waals surface area contributed by atoms with E-state index in [1.807, 2.05) is 31.2 Å². The third kappa shape index (κ3) is 3.69. The first kappa shape index (κ1) is 16.1. The van der Waals surface area contributed by atoms with E-state index < -0.39 is 0 Å². The number of methoxy groups -OCH3 is 1. The molecule has 0 spiro atoms. The number of hydrogen-bond donors (Lipinski definition) is 2. The number of nitrogens with two attached hydrogens (primary N) is 1. The van der Waals surface area contributed by atoms with Crippen LogP contribution in [0.5, 0.6) is 5.75 Å². The van der Waals surface area contributed by atoms with Crippen LogP contribution in [0.4, 0.5) is 0 Å². The van der Waals surface area contributed by atoms with E-state index in [-0.39, 0.29) is 6.04 Å². The first-order valence-electron chi connectivity index (χ1n) is 6.60. The Bertz CT molecular complexity index is 632. The predicted octanol–water partition coefficient (Wildman–Crippen LogP) is 4.06. The van der Waals surface area contributed by atoms with Crippen LogP contribution in [-0.2, 0) is 6.42 Å². The molecular formula is C16H18Cl2N2O. The van der Waals surface area contributed by atoms with Gasteiger partial charge in [-0.2, -0.15) is 0 Å². The lowest BCUT2D eigenvalue weighted by Crippen LogP contribution is -2.29. The van der Waals surface area contributed by atoms with Crippen molar-refractivity contribution in [1.82, 2.24) is 5.43 Å². The molecule has 2 rings (SSSR count). The molecule has 0 amide bonds. The summed E-state index contributed by atoms with van der Waals surface area (Å²) >= 11 is 12.3. The molecule has 1 atom stereocenters. The number of hydrazine groups is 1. The van der Waals surface area contributed by atoms with Crippen LogP contribution in [0.2, 0.25) is 10.0 Å². The van der Waals surface area contributed by atoms with Crippen LogP contribution in [0, 0.1) is 6.92 Å². The Morgan fingerprint density at radius 1 is 1.24 bits per heavy atom. The minimum absolute atomic E-state index is 0.0504. The zero-order valence-corrected chi connectivity index (χ0v) is 13.5. The molecule has 0 heterocycles. The number of rotatable bonds is 5. The van der Waals surface area contributed by atoms with E-state index in [0.717, 1.165) is 22.4 Å². The van der Waals surface area contributed by atoms with Gasteiger partial charge in [0.2, 0.25) is 0 Å². The summed E-state index contributed by atoms with van der Waals surface area (Å²) in [5.74, 6) is 6.56. The van der Waals surface area contributed by atoms with Crippen molar-refractivity contribution in [3.05, 3.63) is 63.1 Å². The zero-order valence-electron chi connectivity index (χ0n) is 12.0.